The predicted octanol–water partition coefficient (Wildman–Crippen LogP) is 1.50. The molecular weight excluding hydrogens is 218 g/mol. The molecule has 0 atom stereocenters. The molecule has 0 aliphatic heterocycles. The SMILES string of the molecule is CC(C)(C(=O)O)c1nnc2c(n1)CCCCC2. The van der Waals surface area contributed by atoms with E-state index in [0.717, 1.165) is 37.1 Å². The van der Waals surface area contributed by atoms with Crippen molar-refractivity contribution < 1.29 is 9.90 Å². The highest BCUT2D eigenvalue weighted by Crippen LogP contribution is 2.22. The average Bonchev–Trinajstić information content (AvgIpc) is 2.52. The van der Waals surface area contributed by atoms with Crippen molar-refractivity contribution in [3.05, 3.63) is 17.2 Å². The maximum Gasteiger partial charge on any atom is 0.316 e. The van der Waals surface area contributed by atoms with E-state index in [1.807, 2.05) is 0 Å². The Morgan fingerprint density at radius 1 is 1.12 bits per heavy atom. The van der Waals surface area contributed by atoms with Crippen LogP contribution in [0.3, 0.4) is 0 Å². The Labute approximate surface area is 100 Å². The molecule has 92 valence electrons. The Morgan fingerprint density at radius 2 is 1.76 bits per heavy atom. The van der Waals surface area contributed by atoms with Crippen LogP contribution in [0.5, 0.6) is 0 Å². The summed E-state index contributed by atoms with van der Waals surface area (Å²) in [7, 11) is 0. The quantitative estimate of drug-likeness (QED) is 0.786. The van der Waals surface area contributed by atoms with Crippen LogP contribution in [0.25, 0.3) is 0 Å². The van der Waals surface area contributed by atoms with E-state index in [0.29, 0.717) is 5.82 Å². The van der Waals surface area contributed by atoms with E-state index in [2.05, 4.69) is 15.2 Å². The lowest BCUT2D eigenvalue weighted by molar-refractivity contribution is -0.142. The Bertz CT molecular complexity index is 443. The van der Waals surface area contributed by atoms with Crippen molar-refractivity contribution >= 4 is 5.97 Å². The lowest BCUT2D eigenvalue weighted by Crippen LogP contribution is -2.32. The van der Waals surface area contributed by atoms with E-state index in [9.17, 15) is 4.79 Å². The molecular formula is C12H17N3O2. The van der Waals surface area contributed by atoms with Crippen molar-refractivity contribution in [2.75, 3.05) is 0 Å². The molecule has 0 radical (unpaired) electrons. The fraction of sp³-hybridized carbons (Fsp3) is 0.667. The number of aliphatic carboxylic acids is 1. The molecule has 5 nitrogen and oxygen atoms in total. The molecule has 0 fully saturated rings. The lowest BCUT2D eigenvalue weighted by atomic mass is 9.93. The van der Waals surface area contributed by atoms with E-state index >= 15 is 0 Å². The number of aryl methyl sites for hydroxylation is 2. The largest absolute Gasteiger partial charge is 0.481 e. The molecule has 5 heteroatoms. The second kappa shape index (κ2) is 4.39. The van der Waals surface area contributed by atoms with Gasteiger partial charge in [-0.2, -0.15) is 5.10 Å². The van der Waals surface area contributed by atoms with Crippen LogP contribution < -0.4 is 0 Å². The number of carbonyl (C=O) groups is 1. The summed E-state index contributed by atoms with van der Waals surface area (Å²) in [5, 5.41) is 17.3. The highest BCUT2D eigenvalue weighted by molar-refractivity contribution is 5.78. The van der Waals surface area contributed by atoms with Crippen LogP contribution in [-0.2, 0) is 23.1 Å². The Kier molecular flexibility index (Phi) is 3.09. The van der Waals surface area contributed by atoms with Gasteiger partial charge in [0.15, 0.2) is 5.82 Å². The summed E-state index contributed by atoms with van der Waals surface area (Å²) in [4.78, 5) is 15.6. The zero-order valence-corrected chi connectivity index (χ0v) is 10.2. The van der Waals surface area contributed by atoms with Gasteiger partial charge in [-0.3, -0.25) is 4.79 Å². The number of fused-ring (bicyclic) bond motifs is 1. The monoisotopic (exact) mass is 235 g/mol. The maximum atomic E-state index is 11.1. The van der Waals surface area contributed by atoms with Crippen molar-refractivity contribution in [3.8, 4) is 0 Å². The predicted molar refractivity (Wildman–Crippen MR) is 61.7 cm³/mol. The molecule has 0 amide bonds. The molecule has 0 unspecified atom stereocenters. The van der Waals surface area contributed by atoms with Crippen LogP contribution in [0.15, 0.2) is 0 Å². The van der Waals surface area contributed by atoms with Crippen LogP contribution >= 0.6 is 0 Å². The van der Waals surface area contributed by atoms with Gasteiger partial charge in [0.1, 0.15) is 5.41 Å². The van der Waals surface area contributed by atoms with E-state index in [-0.39, 0.29) is 0 Å². The smallest absolute Gasteiger partial charge is 0.316 e. The van der Waals surface area contributed by atoms with Gasteiger partial charge in [-0.25, -0.2) is 4.98 Å². The highest BCUT2D eigenvalue weighted by Gasteiger charge is 2.34. The second-order valence-corrected chi connectivity index (χ2v) is 5.02. The molecule has 0 aromatic carbocycles. The van der Waals surface area contributed by atoms with Crippen LogP contribution in [0.4, 0.5) is 0 Å². The van der Waals surface area contributed by atoms with Crippen LogP contribution in [0.1, 0.15) is 50.3 Å². The molecule has 1 heterocycles. The molecule has 17 heavy (non-hydrogen) atoms. The molecule has 1 aromatic rings. The van der Waals surface area contributed by atoms with Gasteiger partial charge in [0, 0.05) is 0 Å². The molecule has 1 aromatic heterocycles. The fourth-order valence-corrected chi connectivity index (χ4v) is 1.90. The topological polar surface area (TPSA) is 76.0 Å². The molecule has 0 saturated carbocycles. The Morgan fingerprint density at radius 3 is 2.41 bits per heavy atom. The first kappa shape index (κ1) is 12.0. The van der Waals surface area contributed by atoms with E-state index in [1.54, 1.807) is 13.8 Å². The summed E-state index contributed by atoms with van der Waals surface area (Å²) in [6.07, 6.45) is 5.18. The van der Waals surface area contributed by atoms with Gasteiger partial charge in [-0.05, 0) is 39.5 Å². The van der Waals surface area contributed by atoms with Gasteiger partial charge >= 0.3 is 5.97 Å². The number of hydrogen-bond donors (Lipinski definition) is 1. The Balaban J connectivity index is 2.39. The minimum Gasteiger partial charge on any atom is -0.481 e. The third-order valence-electron chi connectivity index (χ3n) is 3.26. The molecule has 0 saturated heterocycles. The third-order valence-corrected chi connectivity index (χ3v) is 3.26. The van der Waals surface area contributed by atoms with E-state index < -0.39 is 11.4 Å². The fourth-order valence-electron chi connectivity index (χ4n) is 1.90. The van der Waals surface area contributed by atoms with E-state index in [1.165, 1.54) is 6.42 Å². The normalized spacial score (nSPS) is 16.1. The third kappa shape index (κ3) is 2.28. The van der Waals surface area contributed by atoms with E-state index in [4.69, 9.17) is 5.11 Å². The number of aromatic nitrogens is 3. The van der Waals surface area contributed by atoms with Crippen LogP contribution in [-0.4, -0.2) is 26.3 Å². The summed E-state index contributed by atoms with van der Waals surface area (Å²) in [5.74, 6) is -0.612. The summed E-state index contributed by atoms with van der Waals surface area (Å²) in [6.45, 7) is 3.21. The van der Waals surface area contributed by atoms with Crippen molar-refractivity contribution in [2.45, 2.75) is 51.4 Å². The van der Waals surface area contributed by atoms with Gasteiger partial charge in [0.25, 0.3) is 0 Å². The van der Waals surface area contributed by atoms with Gasteiger partial charge < -0.3 is 5.11 Å². The first-order valence-corrected chi connectivity index (χ1v) is 5.98. The highest BCUT2D eigenvalue weighted by atomic mass is 16.4. The first-order chi connectivity index (χ1) is 8.01. The number of carboxylic acid groups (broad SMARTS) is 1. The number of nitrogens with zero attached hydrogens (tertiary/aromatic N) is 3. The second-order valence-electron chi connectivity index (χ2n) is 5.02. The first-order valence-electron chi connectivity index (χ1n) is 5.98. The van der Waals surface area contributed by atoms with Crippen molar-refractivity contribution in [1.29, 1.82) is 0 Å². The van der Waals surface area contributed by atoms with Gasteiger partial charge in [-0.1, -0.05) is 6.42 Å². The molecule has 0 spiro atoms. The molecule has 1 aliphatic rings. The summed E-state index contributed by atoms with van der Waals surface area (Å²) < 4.78 is 0. The van der Waals surface area contributed by atoms with Crippen molar-refractivity contribution in [2.24, 2.45) is 0 Å². The number of hydrogen-bond acceptors (Lipinski definition) is 4. The summed E-state index contributed by atoms with van der Waals surface area (Å²) in [6, 6.07) is 0. The zero-order valence-electron chi connectivity index (χ0n) is 10.2. The average molecular weight is 235 g/mol. The van der Waals surface area contributed by atoms with Gasteiger partial charge in [0.05, 0.1) is 11.4 Å². The maximum absolute atomic E-state index is 11.1. The van der Waals surface area contributed by atoms with Gasteiger partial charge in [0.2, 0.25) is 0 Å². The van der Waals surface area contributed by atoms with Gasteiger partial charge in [-0.15, -0.1) is 5.10 Å². The molecule has 0 bridgehead atoms. The Hall–Kier alpha value is -1.52. The molecule has 1 aliphatic carbocycles. The minimum absolute atomic E-state index is 0.311. The minimum atomic E-state index is -1.08. The number of rotatable bonds is 2. The van der Waals surface area contributed by atoms with Crippen LogP contribution in [0.2, 0.25) is 0 Å². The lowest BCUT2D eigenvalue weighted by Gasteiger charge is -2.17. The molecule has 2 rings (SSSR count). The zero-order chi connectivity index (χ0) is 12.5. The summed E-state index contributed by atoms with van der Waals surface area (Å²) in [5.41, 5.74) is 0.795. The van der Waals surface area contributed by atoms with Crippen molar-refractivity contribution in [1.82, 2.24) is 15.2 Å². The van der Waals surface area contributed by atoms with Crippen molar-refractivity contribution in [3.63, 3.8) is 0 Å². The molecule has 1 N–H and O–H groups in total. The van der Waals surface area contributed by atoms with Crippen LogP contribution in [0, 0.1) is 0 Å². The summed E-state index contributed by atoms with van der Waals surface area (Å²) >= 11 is 0. The standard InChI is InChI=1S/C12H17N3O2/c1-12(2,11(16)17)10-13-8-6-4-3-5-7-9(8)14-15-10/h3-7H2,1-2H3,(H,16,17). The number of carboxylic acids is 1.